The molecular weight excluding hydrogens is 581 g/mol. The second kappa shape index (κ2) is 10.6. The summed E-state index contributed by atoms with van der Waals surface area (Å²) in [5, 5.41) is 1.99. The van der Waals surface area contributed by atoms with Gasteiger partial charge in [0.25, 0.3) is 5.91 Å². The highest BCUT2D eigenvalue weighted by Crippen LogP contribution is 2.41. The van der Waals surface area contributed by atoms with Crippen molar-refractivity contribution in [2.45, 2.75) is 37.1 Å². The zero-order chi connectivity index (χ0) is 30.0. The first-order valence-corrected chi connectivity index (χ1v) is 14.5. The lowest BCUT2D eigenvalue weighted by atomic mass is 9.96. The fourth-order valence-corrected chi connectivity index (χ4v) is 6.85. The van der Waals surface area contributed by atoms with Crippen LogP contribution < -0.4 is 9.64 Å². The van der Waals surface area contributed by atoms with Gasteiger partial charge in [-0.1, -0.05) is 42.4 Å². The summed E-state index contributed by atoms with van der Waals surface area (Å²) in [6.45, 7) is 4.57. The minimum Gasteiger partial charge on any atom is -0.462 e. The Bertz CT molecular complexity index is 1790. The zero-order valence-corrected chi connectivity index (χ0v) is 24.1. The number of pyridine rings is 1. The minimum absolute atomic E-state index is 0.0113. The van der Waals surface area contributed by atoms with Crippen LogP contribution in [0.5, 0.6) is 6.01 Å². The Labute approximate surface area is 250 Å². The number of halogens is 4. The third-order valence-electron chi connectivity index (χ3n) is 8.83. The third-order valence-corrected chi connectivity index (χ3v) is 9.20. The normalized spacial score (nSPS) is 23.6. The minimum atomic E-state index is -0.972. The molecule has 4 atom stereocenters. The molecule has 0 bridgehead atoms. The van der Waals surface area contributed by atoms with Crippen LogP contribution >= 0.6 is 11.6 Å². The Balaban J connectivity index is 1.28. The van der Waals surface area contributed by atoms with Crippen molar-refractivity contribution in [3.05, 3.63) is 65.7 Å². The van der Waals surface area contributed by atoms with Crippen LogP contribution in [0.15, 0.2) is 54.9 Å². The monoisotopic (exact) mass is 608 g/mol. The van der Waals surface area contributed by atoms with Crippen LogP contribution in [0.3, 0.4) is 0 Å². The fourth-order valence-electron chi connectivity index (χ4n) is 6.58. The number of nitrogens with zero attached hydrogens (tertiary/aromatic N) is 6. The highest BCUT2D eigenvalue weighted by molar-refractivity contribution is 6.36. The molecule has 5 heterocycles. The highest BCUT2D eigenvalue weighted by atomic mass is 35.5. The molecule has 3 aliphatic heterocycles. The number of carbonyl (C=O) groups is 1. The Morgan fingerprint density at radius 2 is 1.95 bits per heavy atom. The largest absolute Gasteiger partial charge is 0.462 e. The van der Waals surface area contributed by atoms with Crippen LogP contribution in [0, 0.1) is 5.82 Å². The van der Waals surface area contributed by atoms with E-state index < -0.39 is 23.7 Å². The molecule has 1 amide bonds. The number of ether oxygens (including phenoxy) is 1. The van der Waals surface area contributed by atoms with E-state index in [0.717, 1.165) is 5.39 Å². The topological polar surface area (TPSA) is 74.7 Å². The van der Waals surface area contributed by atoms with E-state index in [4.69, 9.17) is 26.3 Å². The second-order valence-corrected chi connectivity index (χ2v) is 11.8. The number of amides is 1. The molecule has 3 saturated heterocycles. The van der Waals surface area contributed by atoms with E-state index >= 15 is 0 Å². The molecule has 0 saturated carbocycles. The first-order valence-electron chi connectivity index (χ1n) is 14.1. The molecule has 2 aromatic carbocycles. The standard InChI is InChI=1S/C31H28ClF3N6O2/c1-16(33)30(42)40-11-10-24-25(40)14-41(24)29-21-7-9-23(20-5-3-4-17-6-8-22(35)27(32)26(17)20)36-28(21)37-31(38-29)43-15-19-12-18(34)13-39(19)2/h3-9,18-19,24-25H,1,10-15H2,2H3/t18-,19+,24?,25-/m1/s1. The molecule has 222 valence electrons. The molecule has 1 unspecified atom stereocenters. The zero-order valence-electron chi connectivity index (χ0n) is 23.3. The molecule has 3 fully saturated rings. The maximum Gasteiger partial charge on any atom is 0.320 e. The molecule has 43 heavy (non-hydrogen) atoms. The fraction of sp³-hybridized carbons (Fsp3) is 0.355. The number of alkyl halides is 1. The van der Waals surface area contributed by atoms with Crippen molar-refractivity contribution < 1.29 is 22.7 Å². The van der Waals surface area contributed by atoms with E-state index in [2.05, 4.69) is 16.5 Å². The predicted octanol–water partition coefficient (Wildman–Crippen LogP) is 5.33. The number of carbonyl (C=O) groups excluding carboxylic acids is 1. The van der Waals surface area contributed by atoms with E-state index in [9.17, 15) is 18.0 Å². The van der Waals surface area contributed by atoms with Gasteiger partial charge in [-0.05, 0) is 43.5 Å². The maximum atomic E-state index is 14.5. The molecule has 0 radical (unpaired) electrons. The second-order valence-electron chi connectivity index (χ2n) is 11.4. The number of likely N-dealkylation sites (N-methyl/N-ethyl adjacent to an activating group) is 1. The average Bonchev–Trinajstić information content (AvgIpc) is 3.49. The SMILES string of the molecule is C=C(F)C(=O)N1CCC2[C@H]1CN2c1nc(OC[C@@H]2C[C@@H](F)CN2C)nc2nc(-c3cccc4ccc(F)c(Cl)c34)ccc12. The van der Waals surface area contributed by atoms with Gasteiger partial charge in [-0.2, -0.15) is 9.97 Å². The molecular formula is C31H28ClF3N6O2. The smallest absolute Gasteiger partial charge is 0.320 e. The molecule has 12 heteroatoms. The van der Waals surface area contributed by atoms with E-state index in [0.29, 0.717) is 66.0 Å². The van der Waals surface area contributed by atoms with E-state index in [-0.39, 0.29) is 35.8 Å². The van der Waals surface area contributed by atoms with Crippen LogP contribution in [0.25, 0.3) is 33.1 Å². The van der Waals surface area contributed by atoms with Crippen LogP contribution in [-0.4, -0.2) is 88.2 Å². The van der Waals surface area contributed by atoms with E-state index in [1.807, 2.05) is 42.3 Å². The Morgan fingerprint density at radius 3 is 2.72 bits per heavy atom. The summed E-state index contributed by atoms with van der Waals surface area (Å²) in [7, 11) is 1.85. The van der Waals surface area contributed by atoms with Gasteiger partial charge in [0.1, 0.15) is 24.4 Å². The predicted molar refractivity (Wildman–Crippen MR) is 158 cm³/mol. The van der Waals surface area contributed by atoms with Crippen LogP contribution in [0.2, 0.25) is 5.02 Å². The van der Waals surface area contributed by atoms with Crippen molar-refractivity contribution in [3.8, 4) is 17.3 Å². The molecule has 4 aromatic rings. The maximum absolute atomic E-state index is 14.5. The van der Waals surface area contributed by atoms with Crippen molar-refractivity contribution in [1.29, 1.82) is 0 Å². The van der Waals surface area contributed by atoms with Gasteiger partial charge in [-0.15, -0.1) is 0 Å². The molecule has 8 nitrogen and oxygen atoms in total. The summed E-state index contributed by atoms with van der Waals surface area (Å²) >= 11 is 6.41. The number of hydrogen-bond donors (Lipinski definition) is 0. The Morgan fingerprint density at radius 1 is 1.12 bits per heavy atom. The van der Waals surface area contributed by atoms with Crippen molar-refractivity contribution in [3.63, 3.8) is 0 Å². The van der Waals surface area contributed by atoms with Crippen molar-refractivity contribution in [1.82, 2.24) is 24.8 Å². The summed E-state index contributed by atoms with van der Waals surface area (Å²) in [4.78, 5) is 32.0. The van der Waals surface area contributed by atoms with Crippen molar-refractivity contribution in [2.75, 3.05) is 38.2 Å². The van der Waals surface area contributed by atoms with Crippen LogP contribution in [0.4, 0.5) is 19.0 Å². The first-order chi connectivity index (χ1) is 20.7. The molecule has 0 N–H and O–H groups in total. The van der Waals surface area contributed by atoms with Gasteiger partial charge in [0.15, 0.2) is 11.5 Å². The van der Waals surface area contributed by atoms with Crippen LogP contribution in [-0.2, 0) is 4.79 Å². The quantitative estimate of drug-likeness (QED) is 0.274. The molecule has 0 spiro atoms. The van der Waals surface area contributed by atoms with E-state index in [1.54, 1.807) is 6.07 Å². The van der Waals surface area contributed by atoms with Gasteiger partial charge >= 0.3 is 6.01 Å². The summed E-state index contributed by atoms with van der Waals surface area (Å²) in [5.74, 6) is -1.60. The molecule has 2 aromatic heterocycles. The summed E-state index contributed by atoms with van der Waals surface area (Å²) < 4.78 is 48.1. The van der Waals surface area contributed by atoms with Gasteiger partial charge < -0.3 is 14.5 Å². The number of anilines is 1. The Hall–Kier alpha value is -3.96. The summed E-state index contributed by atoms with van der Waals surface area (Å²) in [6, 6.07) is 12.0. The van der Waals surface area contributed by atoms with Gasteiger partial charge in [-0.3, -0.25) is 9.69 Å². The van der Waals surface area contributed by atoms with Crippen molar-refractivity contribution >= 4 is 45.1 Å². The van der Waals surface area contributed by atoms with Crippen LogP contribution in [0.1, 0.15) is 12.8 Å². The number of fused-ring (bicyclic) bond motifs is 3. The van der Waals surface area contributed by atoms with Gasteiger partial charge in [0.05, 0.1) is 28.2 Å². The average molecular weight is 609 g/mol. The lowest BCUT2D eigenvalue weighted by molar-refractivity contribution is -0.130. The van der Waals surface area contributed by atoms with Gasteiger partial charge in [0.2, 0.25) is 0 Å². The number of hydrogen-bond acceptors (Lipinski definition) is 7. The highest BCUT2D eigenvalue weighted by Gasteiger charge is 2.50. The molecule has 7 rings (SSSR count). The summed E-state index contributed by atoms with van der Waals surface area (Å²) in [6.07, 6.45) is 0.0821. The number of aromatic nitrogens is 3. The van der Waals surface area contributed by atoms with Gasteiger partial charge in [0, 0.05) is 36.6 Å². The lowest BCUT2D eigenvalue weighted by Crippen LogP contribution is -2.63. The third kappa shape index (κ3) is 4.75. The molecule has 0 aliphatic carbocycles. The first kappa shape index (κ1) is 27.8. The molecule has 3 aliphatic rings. The summed E-state index contributed by atoms with van der Waals surface area (Å²) in [5.41, 5.74) is 1.54. The number of benzene rings is 2. The van der Waals surface area contributed by atoms with Gasteiger partial charge in [-0.25, -0.2) is 18.2 Å². The number of likely N-dealkylation sites (tertiary alicyclic amines) is 2. The van der Waals surface area contributed by atoms with E-state index in [1.165, 1.54) is 11.0 Å². The Kier molecular flexibility index (Phi) is 6.89. The van der Waals surface area contributed by atoms with Crippen molar-refractivity contribution in [2.24, 2.45) is 0 Å². The lowest BCUT2D eigenvalue weighted by Gasteiger charge is -2.47. The number of rotatable bonds is 6.